The molecular formula is C21H25N3O2. The molecule has 0 aromatic heterocycles. The van der Waals surface area contributed by atoms with Crippen molar-refractivity contribution in [2.24, 2.45) is 0 Å². The number of anilines is 1. The van der Waals surface area contributed by atoms with Crippen LogP contribution in [0.25, 0.3) is 0 Å². The second-order valence-corrected chi connectivity index (χ2v) is 7.02. The first-order valence-electron chi connectivity index (χ1n) is 8.99. The Labute approximate surface area is 154 Å². The predicted octanol–water partition coefficient (Wildman–Crippen LogP) is 3.41. The Morgan fingerprint density at radius 1 is 1.15 bits per heavy atom. The Hall–Kier alpha value is -2.82. The maximum Gasteiger partial charge on any atom is 0.315 e. The minimum absolute atomic E-state index is 0.0233. The molecular weight excluding hydrogens is 326 g/mol. The van der Waals surface area contributed by atoms with Crippen molar-refractivity contribution >= 4 is 17.6 Å². The number of nitrogens with zero attached hydrogens (tertiary/aromatic N) is 1. The first kappa shape index (κ1) is 18.0. The highest BCUT2D eigenvalue weighted by Gasteiger charge is 2.25. The Bertz CT molecular complexity index is 830. The number of aryl methyl sites for hydroxylation is 1. The zero-order valence-electron chi connectivity index (χ0n) is 15.5. The molecule has 1 aliphatic rings. The molecule has 1 heterocycles. The van der Waals surface area contributed by atoms with E-state index in [1.165, 1.54) is 5.56 Å². The van der Waals surface area contributed by atoms with Gasteiger partial charge in [0.25, 0.3) is 5.91 Å². The molecule has 26 heavy (non-hydrogen) atoms. The van der Waals surface area contributed by atoms with Gasteiger partial charge in [0.1, 0.15) is 0 Å². The third-order valence-corrected chi connectivity index (χ3v) is 4.43. The monoisotopic (exact) mass is 351 g/mol. The summed E-state index contributed by atoms with van der Waals surface area (Å²) in [6.45, 7) is 6.94. The third-order valence-electron chi connectivity index (χ3n) is 4.43. The molecule has 2 aromatic carbocycles. The average molecular weight is 351 g/mol. The molecule has 0 bridgehead atoms. The number of carbonyl (C=O) groups excluding carboxylic acids is 2. The van der Waals surface area contributed by atoms with Gasteiger partial charge in [-0.1, -0.05) is 29.8 Å². The van der Waals surface area contributed by atoms with E-state index >= 15 is 0 Å². The smallest absolute Gasteiger partial charge is 0.315 e. The number of hydrogen-bond acceptors (Lipinski definition) is 2. The van der Waals surface area contributed by atoms with E-state index in [9.17, 15) is 9.59 Å². The van der Waals surface area contributed by atoms with Crippen molar-refractivity contribution < 1.29 is 9.59 Å². The fourth-order valence-electron chi connectivity index (χ4n) is 3.18. The van der Waals surface area contributed by atoms with E-state index in [1.807, 2.05) is 62.1 Å². The topological polar surface area (TPSA) is 61.4 Å². The number of urea groups is 1. The molecule has 0 unspecified atom stereocenters. The van der Waals surface area contributed by atoms with Crippen molar-refractivity contribution in [1.29, 1.82) is 0 Å². The standard InChI is InChI=1S/C21H25N3O2/c1-14(2)23-21(26)22-13-16-7-8-17-9-10-24(19(17)12-16)20(25)18-6-4-5-15(3)11-18/h4-8,11-12,14H,9-10,13H2,1-3H3,(H2,22,23,26). The lowest BCUT2D eigenvalue weighted by Gasteiger charge is -2.18. The van der Waals surface area contributed by atoms with Crippen LogP contribution in [0.1, 0.15) is 40.9 Å². The van der Waals surface area contributed by atoms with Crippen molar-refractivity contribution in [3.8, 4) is 0 Å². The number of fused-ring (bicyclic) bond motifs is 1. The lowest BCUT2D eigenvalue weighted by atomic mass is 10.1. The lowest BCUT2D eigenvalue weighted by Crippen LogP contribution is -2.39. The van der Waals surface area contributed by atoms with Gasteiger partial charge < -0.3 is 15.5 Å². The van der Waals surface area contributed by atoms with Crippen molar-refractivity contribution in [2.75, 3.05) is 11.4 Å². The SMILES string of the molecule is Cc1cccc(C(=O)N2CCc3ccc(CNC(=O)NC(C)C)cc32)c1. The van der Waals surface area contributed by atoms with Crippen molar-refractivity contribution in [2.45, 2.75) is 39.8 Å². The molecule has 0 atom stereocenters. The molecule has 3 rings (SSSR count). The molecule has 0 fully saturated rings. The number of benzene rings is 2. The van der Waals surface area contributed by atoms with Crippen LogP contribution in [-0.4, -0.2) is 24.5 Å². The second kappa shape index (κ2) is 7.60. The molecule has 0 saturated heterocycles. The number of nitrogens with one attached hydrogen (secondary N) is 2. The maximum absolute atomic E-state index is 12.9. The molecule has 5 nitrogen and oxygen atoms in total. The zero-order chi connectivity index (χ0) is 18.7. The summed E-state index contributed by atoms with van der Waals surface area (Å²) in [5, 5.41) is 5.66. The van der Waals surface area contributed by atoms with Gasteiger partial charge in [-0.15, -0.1) is 0 Å². The molecule has 0 saturated carbocycles. The molecule has 5 heteroatoms. The third kappa shape index (κ3) is 4.04. The predicted molar refractivity (Wildman–Crippen MR) is 104 cm³/mol. The largest absolute Gasteiger partial charge is 0.336 e. The van der Waals surface area contributed by atoms with Gasteiger partial charge in [-0.05, 0) is 56.5 Å². The molecule has 0 aliphatic carbocycles. The molecule has 136 valence electrons. The quantitative estimate of drug-likeness (QED) is 0.887. The van der Waals surface area contributed by atoms with Crippen molar-refractivity contribution in [3.05, 3.63) is 64.7 Å². The van der Waals surface area contributed by atoms with Gasteiger partial charge in [-0.25, -0.2) is 4.79 Å². The van der Waals surface area contributed by atoms with Crippen molar-refractivity contribution in [1.82, 2.24) is 10.6 Å². The summed E-state index contributed by atoms with van der Waals surface area (Å²) in [7, 11) is 0. The fourth-order valence-corrected chi connectivity index (χ4v) is 3.18. The molecule has 0 radical (unpaired) electrons. The molecule has 3 amide bonds. The number of carbonyl (C=O) groups is 2. The van der Waals surface area contributed by atoms with Crippen LogP contribution < -0.4 is 15.5 Å². The normalized spacial score (nSPS) is 12.8. The number of amides is 3. The van der Waals surface area contributed by atoms with Gasteiger partial charge in [0.05, 0.1) is 0 Å². The number of rotatable bonds is 4. The molecule has 1 aliphatic heterocycles. The number of hydrogen-bond donors (Lipinski definition) is 2. The minimum Gasteiger partial charge on any atom is -0.336 e. The van der Waals surface area contributed by atoms with E-state index in [-0.39, 0.29) is 18.0 Å². The Balaban J connectivity index is 1.75. The zero-order valence-corrected chi connectivity index (χ0v) is 15.5. The van der Waals surface area contributed by atoms with Gasteiger partial charge in [-0.3, -0.25) is 4.79 Å². The lowest BCUT2D eigenvalue weighted by molar-refractivity contribution is 0.0989. The first-order valence-corrected chi connectivity index (χ1v) is 8.99. The van der Waals surface area contributed by atoms with E-state index < -0.39 is 0 Å². The van der Waals surface area contributed by atoms with Crippen LogP contribution >= 0.6 is 0 Å². The van der Waals surface area contributed by atoms with Crippen LogP contribution in [0.3, 0.4) is 0 Å². The highest BCUT2D eigenvalue weighted by Crippen LogP contribution is 2.30. The summed E-state index contributed by atoms with van der Waals surface area (Å²) in [5.41, 5.74) is 4.87. The second-order valence-electron chi connectivity index (χ2n) is 7.02. The van der Waals surface area contributed by atoms with E-state index in [0.717, 1.165) is 23.2 Å². The van der Waals surface area contributed by atoms with E-state index in [4.69, 9.17) is 0 Å². The molecule has 2 aromatic rings. The van der Waals surface area contributed by atoms with Gasteiger partial charge in [0.2, 0.25) is 0 Å². The Morgan fingerprint density at radius 2 is 1.96 bits per heavy atom. The fraction of sp³-hybridized carbons (Fsp3) is 0.333. The van der Waals surface area contributed by atoms with Crippen molar-refractivity contribution in [3.63, 3.8) is 0 Å². The molecule has 0 spiro atoms. The summed E-state index contributed by atoms with van der Waals surface area (Å²) in [5.74, 6) is 0.0233. The van der Waals surface area contributed by atoms with Gasteiger partial charge in [0, 0.05) is 30.4 Å². The van der Waals surface area contributed by atoms with Gasteiger partial charge in [-0.2, -0.15) is 0 Å². The van der Waals surface area contributed by atoms with E-state index in [0.29, 0.717) is 18.7 Å². The van der Waals surface area contributed by atoms with Crippen LogP contribution in [0.15, 0.2) is 42.5 Å². The summed E-state index contributed by atoms with van der Waals surface area (Å²) in [4.78, 5) is 26.5. The maximum atomic E-state index is 12.9. The highest BCUT2D eigenvalue weighted by molar-refractivity contribution is 6.07. The summed E-state index contributed by atoms with van der Waals surface area (Å²) < 4.78 is 0. The minimum atomic E-state index is -0.187. The first-order chi connectivity index (χ1) is 12.4. The van der Waals surface area contributed by atoms with Crippen LogP contribution in [0.5, 0.6) is 0 Å². The summed E-state index contributed by atoms with van der Waals surface area (Å²) in [6, 6.07) is 13.6. The van der Waals surface area contributed by atoms with Gasteiger partial charge >= 0.3 is 6.03 Å². The average Bonchev–Trinajstić information content (AvgIpc) is 3.02. The van der Waals surface area contributed by atoms with Crippen LogP contribution in [0.4, 0.5) is 10.5 Å². The summed E-state index contributed by atoms with van der Waals surface area (Å²) in [6.07, 6.45) is 0.856. The van der Waals surface area contributed by atoms with Crippen LogP contribution in [0.2, 0.25) is 0 Å². The van der Waals surface area contributed by atoms with Crippen LogP contribution in [0, 0.1) is 6.92 Å². The Morgan fingerprint density at radius 3 is 2.69 bits per heavy atom. The van der Waals surface area contributed by atoms with E-state index in [2.05, 4.69) is 16.7 Å². The van der Waals surface area contributed by atoms with Gasteiger partial charge in [0.15, 0.2) is 0 Å². The Kier molecular flexibility index (Phi) is 5.26. The van der Waals surface area contributed by atoms with E-state index in [1.54, 1.807) is 0 Å². The summed E-state index contributed by atoms with van der Waals surface area (Å²) >= 11 is 0. The molecule has 2 N–H and O–H groups in total. The van der Waals surface area contributed by atoms with Crippen LogP contribution in [-0.2, 0) is 13.0 Å². The highest BCUT2D eigenvalue weighted by atomic mass is 16.2.